The fourth-order valence-electron chi connectivity index (χ4n) is 2.66. The van der Waals surface area contributed by atoms with Gasteiger partial charge in [0.1, 0.15) is 18.2 Å². The van der Waals surface area contributed by atoms with Crippen LogP contribution in [0.3, 0.4) is 0 Å². The van der Waals surface area contributed by atoms with Crippen molar-refractivity contribution >= 4 is 11.6 Å². The second-order valence-corrected chi connectivity index (χ2v) is 6.67. The van der Waals surface area contributed by atoms with Gasteiger partial charge in [0.15, 0.2) is 0 Å². The highest BCUT2D eigenvalue weighted by molar-refractivity contribution is 6.18. The third-order valence-corrected chi connectivity index (χ3v) is 4.73. The Morgan fingerprint density at radius 2 is 1.60 bits per heavy atom. The van der Waals surface area contributed by atoms with E-state index in [2.05, 4.69) is 12.1 Å². The van der Waals surface area contributed by atoms with Gasteiger partial charge in [-0.15, -0.1) is 11.6 Å². The van der Waals surface area contributed by atoms with Crippen LogP contribution in [0, 0.1) is 11.7 Å². The largest absolute Gasteiger partial charge is 0.489 e. The van der Waals surface area contributed by atoms with Crippen molar-refractivity contribution in [1.29, 1.82) is 0 Å². The molecule has 25 heavy (non-hydrogen) atoms. The molecule has 1 atom stereocenters. The van der Waals surface area contributed by atoms with Gasteiger partial charge in [0.2, 0.25) is 0 Å². The Morgan fingerprint density at radius 1 is 0.920 bits per heavy atom. The van der Waals surface area contributed by atoms with Crippen LogP contribution in [0.4, 0.5) is 4.39 Å². The Kier molecular flexibility index (Phi) is 8.78. The molecule has 2 aromatic carbocycles. The van der Waals surface area contributed by atoms with Gasteiger partial charge < -0.3 is 9.84 Å². The zero-order valence-corrected chi connectivity index (χ0v) is 15.2. The summed E-state index contributed by atoms with van der Waals surface area (Å²) in [6, 6.07) is 14.5. The normalized spacial score (nSPS) is 12.1. The third-order valence-electron chi connectivity index (χ3n) is 4.30. The van der Waals surface area contributed by atoms with Gasteiger partial charge in [-0.1, -0.05) is 37.1 Å². The van der Waals surface area contributed by atoms with Gasteiger partial charge >= 0.3 is 0 Å². The Labute approximate surface area is 154 Å². The number of aryl methyl sites for hydroxylation is 1. The van der Waals surface area contributed by atoms with Gasteiger partial charge in [-0.2, -0.15) is 0 Å². The fraction of sp³-hybridized carbons (Fsp3) is 0.429. The number of hydrogen-bond acceptors (Lipinski definition) is 2. The van der Waals surface area contributed by atoms with E-state index in [-0.39, 0.29) is 18.3 Å². The number of alkyl halides is 1. The number of aliphatic hydroxyl groups is 1. The van der Waals surface area contributed by atoms with Crippen molar-refractivity contribution in [1.82, 2.24) is 0 Å². The van der Waals surface area contributed by atoms with Gasteiger partial charge in [-0.3, -0.25) is 0 Å². The maximum absolute atomic E-state index is 12.9. The molecule has 4 heteroatoms. The van der Waals surface area contributed by atoms with Crippen molar-refractivity contribution in [2.75, 3.05) is 12.5 Å². The Hall–Kier alpha value is -1.58. The van der Waals surface area contributed by atoms with E-state index in [4.69, 9.17) is 21.4 Å². The first-order valence-electron chi connectivity index (χ1n) is 8.84. The van der Waals surface area contributed by atoms with Crippen LogP contribution in [0.5, 0.6) is 5.75 Å². The van der Waals surface area contributed by atoms with Gasteiger partial charge in [-0.25, -0.2) is 4.39 Å². The molecule has 0 saturated heterocycles. The minimum Gasteiger partial charge on any atom is -0.489 e. The lowest BCUT2D eigenvalue weighted by atomic mass is 10.0. The van der Waals surface area contributed by atoms with Crippen LogP contribution < -0.4 is 4.74 Å². The fourth-order valence-corrected chi connectivity index (χ4v) is 2.91. The smallest absolute Gasteiger partial charge is 0.123 e. The summed E-state index contributed by atoms with van der Waals surface area (Å²) in [4.78, 5) is 0. The highest BCUT2D eigenvalue weighted by Crippen LogP contribution is 2.17. The number of ether oxygens (including phenoxy) is 1. The third kappa shape index (κ3) is 7.45. The molecule has 0 radical (unpaired) electrons. The molecule has 0 heterocycles. The van der Waals surface area contributed by atoms with E-state index in [9.17, 15) is 4.39 Å². The topological polar surface area (TPSA) is 29.5 Å². The monoisotopic (exact) mass is 364 g/mol. The molecule has 136 valence electrons. The SMILES string of the molecule is OCC(CCl)CCCCCc1ccc(OCc2ccc(F)cc2)cc1. The Morgan fingerprint density at radius 3 is 2.24 bits per heavy atom. The first kappa shape index (κ1) is 19.7. The van der Waals surface area contributed by atoms with Crippen molar-refractivity contribution in [2.45, 2.75) is 38.7 Å². The van der Waals surface area contributed by atoms with Gasteiger partial charge in [0, 0.05) is 12.5 Å². The lowest BCUT2D eigenvalue weighted by molar-refractivity contribution is 0.229. The van der Waals surface area contributed by atoms with Crippen molar-refractivity contribution in [3.05, 3.63) is 65.5 Å². The highest BCUT2D eigenvalue weighted by atomic mass is 35.5. The molecule has 2 aromatic rings. The van der Waals surface area contributed by atoms with E-state index in [0.717, 1.165) is 43.4 Å². The van der Waals surface area contributed by atoms with Crippen molar-refractivity contribution in [3.8, 4) is 5.75 Å². The Bertz CT molecular complexity index is 594. The summed E-state index contributed by atoms with van der Waals surface area (Å²) in [6.45, 7) is 0.620. The maximum atomic E-state index is 12.9. The minimum atomic E-state index is -0.234. The van der Waals surface area contributed by atoms with E-state index in [1.807, 2.05) is 12.1 Å². The predicted octanol–water partition coefficient (Wildman–Crippen LogP) is 5.35. The van der Waals surface area contributed by atoms with E-state index in [1.54, 1.807) is 12.1 Å². The quantitative estimate of drug-likeness (QED) is 0.430. The molecule has 0 aromatic heterocycles. The molecule has 1 unspecified atom stereocenters. The van der Waals surface area contributed by atoms with Crippen LogP contribution in [0.2, 0.25) is 0 Å². The molecule has 0 saturated carbocycles. The predicted molar refractivity (Wildman–Crippen MR) is 101 cm³/mol. The molecule has 1 N–H and O–H groups in total. The van der Waals surface area contributed by atoms with Crippen LogP contribution in [-0.2, 0) is 13.0 Å². The van der Waals surface area contributed by atoms with Crippen molar-refractivity contribution in [2.24, 2.45) is 5.92 Å². The number of benzene rings is 2. The number of unbranched alkanes of at least 4 members (excludes halogenated alkanes) is 2. The lowest BCUT2D eigenvalue weighted by Crippen LogP contribution is -2.07. The summed E-state index contributed by atoms with van der Waals surface area (Å²) < 4.78 is 18.6. The van der Waals surface area contributed by atoms with Crippen molar-refractivity contribution in [3.63, 3.8) is 0 Å². The van der Waals surface area contributed by atoms with E-state index in [1.165, 1.54) is 17.7 Å². The average Bonchev–Trinajstić information content (AvgIpc) is 2.65. The Balaban J connectivity index is 1.66. The zero-order chi connectivity index (χ0) is 17.9. The van der Waals surface area contributed by atoms with E-state index < -0.39 is 0 Å². The second-order valence-electron chi connectivity index (χ2n) is 6.36. The highest BCUT2D eigenvalue weighted by Gasteiger charge is 2.05. The zero-order valence-electron chi connectivity index (χ0n) is 14.5. The van der Waals surface area contributed by atoms with Gasteiger partial charge in [-0.05, 0) is 60.6 Å². The molecule has 0 aliphatic carbocycles. The molecule has 0 amide bonds. The van der Waals surface area contributed by atoms with Crippen LogP contribution >= 0.6 is 11.6 Å². The summed E-state index contributed by atoms with van der Waals surface area (Å²) >= 11 is 5.77. The van der Waals surface area contributed by atoms with Crippen LogP contribution in [0.15, 0.2) is 48.5 Å². The van der Waals surface area contributed by atoms with Gasteiger partial charge in [0.05, 0.1) is 0 Å². The first-order chi connectivity index (χ1) is 12.2. The molecule has 0 aliphatic rings. The number of halogens is 2. The molecule has 0 fully saturated rings. The molecular weight excluding hydrogens is 339 g/mol. The summed E-state index contributed by atoms with van der Waals surface area (Å²) in [7, 11) is 0. The molecular formula is C21H26ClFO2. The van der Waals surface area contributed by atoms with Crippen LogP contribution in [0.1, 0.15) is 36.8 Å². The molecule has 0 aliphatic heterocycles. The van der Waals surface area contributed by atoms with Crippen LogP contribution in [-0.4, -0.2) is 17.6 Å². The summed E-state index contributed by atoms with van der Waals surface area (Å²) in [5.41, 5.74) is 2.24. The first-order valence-corrected chi connectivity index (χ1v) is 9.37. The average molecular weight is 365 g/mol. The van der Waals surface area contributed by atoms with Crippen molar-refractivity contribution < 1.29 is 14.2 Å². The van der Waals surface area contributed by atoms with E-state index in [0.29, 0.717) is 12.5 Å². The van der Waals surface area contributed by atoms with Gasteiger partial charge in [0.25, 0.3) is 0 Å². The lowest BCUT2D eigenvalue weighted by Gasteiger charge is -2.10. The number of aliphatic hydroxyl groups excluding tert-OH is 1. The molecule has 0 spiro atoms. The summed E-state index contributed by atoms with van der Waals surface area (Å²) in [5.74, 6) is 1.36. The summed E-state index contributed by atoms with van der Waals surface area (Å²) in [6.07, 6.45) is 5.43. The molecule has 2 nitrogen and oxygen atoms in total. The minimum absolute atomic E-state index is 0.183. The second kappa shape index (κ2) is 11.1. The number of rotatable bonds is 11. The summed E-state index contributed by atoms with van der Waals surface area (Å²) in [5, 5.41) is 9.10. The number of hydrogen-bond donors (Lipinski definition) is 1. The van der Waals surface area contributed by atoms with E-state index >= 15 is 0 Å². The molecule has 0 bridgehead atoms. The van der Waals surface area contributed by atoms with Crippen LogP contribution in [0.25, 0.3) is 0 Å². The molecule has 2 rings (SSSR count). The standard InChI is InChI=1S/C21H26ClFO2/c22-14-19(15-24)5-3-1-2-4-17-8-12-21(13-9-17)25-16-18-6-10-20(23)11-7-18/h6-13,19,24H,1-5,14-16H2. The maximum Gasteiger partial charge on any atom is 0.123 e.